The van der Waals surface area contributed by atoms with Crippen LogP contribution in [0.15, 0.2) is 36.1 Å². The summed E-state index contributed by atoms with van der Waals surface area (Å²) in [5.74, 6) is -7.50. The summed E-state index contributed by atoms with van der Waals surface area (Å²) in [5.41, 5.74) is 0.0871. The maximum absolute atomic E-state index is 14.5. The number of allylic oxidation sites excluding steroid dienone is 2. The molecule has 60 heavy (non-hydrogen) atoms. The molecule has 4 aliphatic heterocycles. The summed E-state index contributed by atoms with van der Waals surface area (Å²) in [6, 6.07) is 0. The number of Topliss-reactive ketones (excluding diaryl/α,β-unsaturated/α-hetero) is 1. The number of aromatic hydroxyl groups is 3. The average molecular weight is 838 g/mol. The Hall–Kier alpha value is -4.83. The molecule has 0 saturated carbocycles. The van der Waals surface area contributed by atoms with E-state index in [1.807, 2.05) is 4.90 Å². The lowest BCUT2D eigenvalue weighted by Gasteiger charge is -2.38. The zero-order valence-electron chi connectivity index (χ0n) is 36.6. The fourth-order valence-corrected chi connectivity index (χ4v) is 8.69. The third-order valence-electron chi connectivity index (χ3n) is 12.3. The van der Waals surface area contributed by atoms with Crippen molar-refractivity contribution in [3.8, 4) is 23.0 Å². The average Bonchev–Trinajstić information content (AvgIpc) is 3.46. The molecule has 15 nitrogen and oxygen atoms in total. The number of phenolic OH excluding ortho intramolecular Hbond substituents is 3. The first-order chi connectivity index (χ1) is 28.1. The van der Waals surface area contributed by atoms with Crippen LogP contribution in [0.5, 0.6) is 23.0 Å². The van der Waals surface area contributed by atoms with Gasteiger partial charge in [-0.05, 0) is 25.8 Å². The molecule has 0 aliphatic carbocycles. The molecule has 330 valence electrons. The summed E-state index contributed by atoms with van der Waals surface area (Å²) in [4.78, 5) is 44.9. The summed E-state index contributed by atoms with van der Waals surface area (Å²) >= 11 is 0. The number of benzene rings is 2. The highest BCUT2D eigenvalue weighted by molar-refractivity contribution is 6.23. The molecule has 1 fully saturated rings. The number of methoxy groups -OCH3 is 1. The van der Waals surface area contributed by atoms with Gasteiger partial charge in [-0.2, -0.15) is 0 Å². The largest absolute Gasteiger partial charge is 0.507 e. The number of rotatable bonds is 5. The molecular formula is C45H63N3O12. The van der Waals surface area contributed by atoms with Gasteiger partial charge in [0.1, 0.15) is 34.7 Å². The molecule has 4 heterocycles. The van der Waals surface area contributed by atoms with Crippen LogP contribution in [0.2, 0.25) is 0 Å². The van der Waals surface area contributed by atoms with E-state index < -0.39 is 88.8 Å². The van der Waals surface area contributed by atoms with Gasteiger partial charge in [0.25, 0.3) is 11.7 Å². The number of aliphatic hydroxyl groups is 2. The van der Waals surface area contributed by atoms with Crippen molar-refractivity contribution in [1.29, 1.82) is 0 Å². The zero-order chi connectivity index (χ0) is 44.5. The smallest absolute Gasteiger partial charge is 0.312 e. The maximum Gasteiger partial charge on any atom is 0.312 e. The van der Waals surface area contributed by atoms with E-state index in [0.29, 0.717) is 32.1 Å². The summed E-state index contributed by atoms with van der Waals surface area (Å²) in [5, 5.41) is 61.4. The summed E-state index contributed by atoms with van der Waals surface area (Å²) in [6.45, 7) is 19.8. The Labute approximate surface area is 352 Å². The predicted molar refractivity (Wildman–Crippen MR) is 227 cm³/mol. The fraction of sp³-hybridized carbons (Fsp3) is 0.578. The molecule has 0 aromatic heterocycles. The van der Waals surface area contributed by atoms with E-state index in [9.17, 15) is 39.9 Å². The maximum atomic E-state index is 14.5. The number of aliphatic hydroxyl groups excluding tert-OH is 2. The van der Waals surface area contributed by atoms with Gasteiger partial charge >= 0.3 is 11.8 Å². The number of esters is 1. The van der Waals surface area contributed by atoms with Crippen molar-refractivity contribution in [3.05, 3.63) is 47.3 Å². The second-order valence-electron chi connectivity index (χ2n) is 17.2. The molecular weight excluding hydrogens is 775 g/mol. The lowest BCUT2D eigenvalue weighted by Crippen LogP contribution is -2.47. The number of ketones is 1. The van der Waals surface area contributed by atoms with Crippen LogP contribution in [-0.4, -0.2) is 118 Å². The molecule has 6 N–H and O–H groups in total. The first kappa shape index (κ1) is 46.2. The van der Waals surface area contributed by atoms with E-state index in [1.54, 1.807) is 46.8 Å². The number of piperazine rings is 1. The predicted octanol–water partition coefficient (Wildman–Crippen LogP) is 5.53. The zero-order valence-corrected chi connectivity index (χ0v) is 36.6. The first-order valence-electron chi connectivity index (χ1n) is 20.7. The lowest BCUT2D eigenvalue weighted by atomic mass is 9.78. The Morgan fingerprint density at radius 1 is 0.933 bits per heavy atom. The minimum absolute atomic E-state index is 0.0592. The van der Waals surface area contributed by atoms with E-state index in [4.69, 9.17) is 18.9 Å². The van der Waals surface area contributed by atoms with Gasteiger partial charge in [0.2, 0.25) is 0 Å². The van der Waals surface area contributed by atoms with Crippen LogP contribution in [0.1, 0.15) is 78.2 Å². The lowest BCUT2D eigenvalue weighted by molar-refractivity contribution is -0.160. The van der Waals surface area contributed by atoms with Crippen molar-refractivity contribution in [1.82, 2.24) is 4.90 Å². The van der Waals surface area contributed by atoms with Gasteiger partial charge in [-0.3, -0.25) is 19.3 Å². The normalized spacial score (nSPS) is 31.2. The molecule has 4 aliphatic rings. The van der Waals surface area contributed by atoms with Crippen molar-refractivity contribution in [2.45, 2.75) is 99.4 Å². The Morgan fingerprint density at radius 2 is 1.58 bits per heavy atom. The van der Waals surface area contributed by atoms with Gasteiger partial charge in [-0.25, -0.2) is 0 Å². The van der Waals surface area contributed by atoms with Crippen LogP contribution in [0.25, 0.3) is 10.8 Å². The highest BCUT2D eigenvalue weighted by atomic mass is 16.7. The molecule has 9 atom stereocenters. The molecule has 2 aromatic carbocycles. The molecule has 6 rings (SSSR count). The van der Waals surface area contributed by atoms with Crippen LogP contribution in [0.3, 0.4) is 0 Å². The summed E-state index contributed by atoms with van der Waals surface area (Å²) < 4.78 is 23.7. The molecule has 0 spiro atoms. The van der Waals surface area contributed by atoms with Crippen LogP contribution < -0.4 is 15.0 Å². The van der Waals surface area contributed by atoms with Crippen LogP contribution in [0.4, 0.5) is 11.4 Å². The van der Waals surface area contributed by atoms with Gasteiger partial charge < -0.3 is 54.7 Å². The molecule has 15 heteroatoms. The van der Waals surface area contributed by atoms with Crippen molar-refractivity contribution in [3.63, 3.8) is 0 Å². The van der Waals surface area contributed by atoms with Crippen molar-refractivity contribution < 1.29 is 58.9 Å². The fourth-order valence-electron chi connectivity index (χ4n) is 8.69. The third kappa shape index (κ3) is 8.95. The van der Waals surface area contributed by atoms with Gasteiger partial charge in [0.15, 0.2) is 5.75 Å². The number of hydrogen-bond acceptors (Lipinski definition) is 14. The molecule has 5 bridgehead atoms. The highest BCUT2D eigenvalue weighted by Gasteiger charge is 2.50. The number of nitrogens with zero attached hydrogens (tertiary/aromatic N) is 2. The van der Waals surface area contributed by atoms with E-state index in [0.717, 1.165) is 6.54 Å². The number of phenols is 3. The van der Waals surface area contributed by atoms with Crippen molar-refractivity contribution >= 4 is 39.8 Å². The second-order valence-corrected chi connectivity index (χ2v) is 17.2. The first-order valence-corrected chi connectivity index (χ1v) is 20.7. The third-order valence-corrected chi connectivity index (χ3v) is 12.3. The second kappa shape index (κ2) is 18.4. The monoisotopic (exact) mass is 837 g/mol. The number of hydrogen-bond donors (Lipinski definition) is 6. The Kier molecular flexibility index (Phi) is 14.2. The summed E-state index contributed by atoms with van der Waals surface area (Å²) in [7, 11) is 1.45. The van der Waals surface area contributed by atoms with Crippen molar-refractivity contribution in [2.24, 2.45) is 29.6 Å². The summed E-state index contributed by atoms with van der Waals surface area (Å²) in [6.07, 6.45) is 3.73. The van der Waals surface area contributed by atoms with Gasteiger partial charge in [-0.15, -0.1) is 0 Å². The SMILES string of the molecule is CO[C@H]1C=CO[C@@]2(C)Oc3c(C)c(O)c4c(O)c(c(N5CCN(CC(C)C)CC5)c(O)c4c3C2=O)NC(=O)/C(C)=C\C=C/[C@H](C)[C@H](O)[C@@H](C)[C@@H](O)[C@@H](C)[C@H](OC(C)=O)[C@@H]1C. The van der Waals surface area contributed by atoms with Gasteiger partial charge in [-0.1, -0.05) is 59.8 Å². The number of nitrogens with one attached hydrogen (secondary N) is 1. The molecule has 0 radical (unpaired) electrons. The standard InChI is InChI=1S/C45H63N3O12/c1-22(2)21-47-16-18-48(19-17-47)35-34-39(53)32-31(40(35)54)33-42(28(8)38(32)52)60-45(10,43(33)55)58-20-15-30(57-11)25(5)41(59-29(9)49)27(7)37(51)26(6)36(50)23(3)13-12-14-24(4)44(56)46-34/h12-15,20,22-23,25-27,30,36-37,41,50-54H,16-19,21H2,1-11H3,(H,46,56)/b13-12-,20-15?,24-14-/t23-,25+,26+,27+,30-,36-,37+,41+,45-/m0/s1. The number of carbonyl (C=O) groups is 3. The van der Waals surface area contributed by atoms with E-state index in [1.165, 1.54) is 46.3 Å². The molecule has 1 amide bonds. The van der Waals surface area contributed by atoms with E-state index in [-0.39, 0.29) is 44.6 Å². The Balaban J connectivity index is 1.70. The molecule has 2 aromatic rings. The Bertz CT molecular complexity index is 2050. The van der Waals surface area contributed by atoms with Crippen LogP contribution in [-0.2, 0) is 23.8 Å². The molecule has 0 unspecified atom stereocenters. The number of ether oxygens (including phenoxy) is 4. The topological polar surface area (TPSA) is 208 Å². The Morgan fingerprint density at radius 3 is 2.18 bits per heavy atom. The minimum Gasteiger partial charge on any atom is -0.507 e. The molecule has 1 saturated heterocycles. The van der Waals surface area contributed by atoms with Crippen molar-refractivity contribution in [2.75, 3.05) is 50.1 Å². The van der Waals surface area contributed by atoms with Gasteiger partial charge in [0, 0.05) is 93.9 Å². The highest BCUT2D eigenvalue weighted by Crippen LogP contribution is 2.57. The van der Waals surface area contributed by atoms with E-state index >= 15 is 0 Å². The van der Waals surface area contributed by atoms with Crippen LogP contribution >= 0.6 is 0 Å². The number of amides is 1. The number of carbonyl (C=O) groups excluding carboxylic acids is 3. The quantitative estimate of drug-likeness (QED) is 0.124. The van der Waals surface area contributed by atoms with Crippen LogP contribution in [0, 0.1) is 36.5 Å². The van der Waals surface area contributed by atoms with E-state index in [2.05, 4.69) is 24.1 Å². The number of anilines is 2. The van der Waals surface area contributed by atoms with Gasteiger partial charge in [0.05, 0.1) is 35.5 Å². The number of fused-ring (bicyclic) bond motifs is 14. The minimum atomic E-state index is -2.02.